The van der Waals surface area contributed by atoms with Crippen molar-refractivity contribution in [3.8, 4) is 5.75 Å². The van der Waals surface area contributed by atoms with E-state index in [4.69, 9.17) is 10.5 Å². The Morgan fingerprint density at radius 2 is 2.26 bits per heavy atom. The van der Waals surface area contributed by atoms with Gasteiger partial charge in [0.15, 0.2) is 0 Å². The Balaban J connectivity index is 1.82. The fourth-order valence-corrected chi connectivity index (χ4v) is 4.23. The fraction of sp³-hybridized carbons (Fsp3) is 0.467. The van der Waals surface area contributed by atoms with Gasteiger partial charge >= 0.3 is 0 Å². The van der Waals surface area contributed by atoms with Gasteiger partial charge < -0.3 is 15.4 Å². The normalized spacial score (nSPS) is 22.4. The first-order valence-corrected chi connectivity index (χ1v) is 9.09. The summed E-state index contributed by atoms with van der Waals surface area (Å²) in [6, 6.07) is 5.22. The van der Waals surface area contributed by atoms with Crippen molar-refractivity contribution in [1.29, 1.82) is 0 Å². The zero-order chi connectivity index (χ0) is 16.6. The lowest BCUT2D eigenvalue weighted by Crippen LogP contribution is -2.37. The molecule has 1 aromatic rings. The Labute approximate surface area is 135 Å². The summed E-state index contributed by atoms with van der Waals surface area (Å²) in [5, 5.41) is 0. The molecule has 0 radical (unpaired) electrons. The number of benzene rings is 1. The summed E-state index contributed by atoms with van der Waals surface area (Å²) in [5.74, 6) is 0.326. The maximum atomic E-state index is 11.7. The molecule has 1 saturated heterocycles. The molecule has 1 amide bonds. The van der Waals surface area contributed by atoms with E-state index in [9.17, 15) is 13.2 Å². The fourth-order valence-electron chi connectivity index (χ4n) is 3.14. The Hall–Kier alpha value is -2.09. The molecule has 0 saturated carbocycles. The second-order valence-corrected chi connectivity index (χ2v) is 7.45. The summed E-state index contributed by atoms with van der Waals surface area (Å²) in [7, 11) is -3.56. The first kappa shape index (κ1) is 15.8. The van der Waals surface area contributed by atoms with E-state index < -0.39 is 10.0 Å². The van der Waals surface area contributed by atoms with Crippen LogP contribution in [-0.2, 0) is 20.6 Å². The van der Waals surface area contributed by atoms with Gasteiger partial charge in [-0.15, -0.1) is 4.40 Å². The van der Waals surface area contributed by atoms with Gasteiger partial charge in [0, 0.05) is 13.5 Å². The van der Waals surface area contributed by atoms with Crippen molar-refractivity contribution in [2.24, 2.45) is 10.1 Å². The topological polar surface area (TPSA) is 102 Å². The van der Waals surface area contributed by atoms with E-state index in [0.717, 1.165) is 19.4 Å². The second-order valence-electron chi connectivity index (χ2n) is 5.81. The number of rotatable bonds is 3. The minimum Gasteiger partial charge on any atom is -0.491 e. The van der Waals surface area contributed by atoms with Crippen LogP contribution in [0.3, 0.4) is 0 Å². The van der Waals surface area contributed by atoms with Crippen molar-refractivity contribution in [2.75, 3.05) is 13.2 Å². The minimum absolute atomic E-state index is 0.0360. The number of amides is 1. The Morgan fingerprint density at radius 3 is 3.00 bits per heavy atom. The number of sulfonamides is 1. The average Bonchev–Trinajstić information content (AvgIpc) is 2.91. The van der Waals surface area contributed by atoms with Crippen molar-refractivity contribution in [2.45, 2.75) is 31.6 Å². The number of hydrogen-bond acceptors (Lipinski definition) is 5. The van der Waals surface area contributed by atoms with Gasteiger partial charge in [0.2, 0.25) is 5.91 Å². The molecule has 2 N–H and O–H groups in total. The molecule has 0 spiro atoms. The molecule has 124 valence electrons. The number of nitrogens with two attached hydrogens (primary N) is 1. The van der Waals surface area contributed by atoms with Gasteiger partial charge in [-0.2, -0.15) is 0 Å². The van der Waals surface area contributed by atoms with Crippen molar-refractivity contribution in [1.82, 2.24) is 4.90 Å². The highest BCUT2D eigenvalue weighted by Gasteiger charge is 2.29. The summed E-state index contributed by atoms with van der Waals surface area (Å²) in [6.45, 7) is 2.66. The third-order valence-corrected chi connectivity index (χ3v) is 5.31. The molecule has 0 aromatic heterocycles. The number of likely N-dealkylation sites (tertiary alicyclic amines) is 1. The van der Waals surface area contributed by atoms with Crippen LogP contribution in [0.5, 0.6) is 5.75 Å². The van der Waals surface area contributed by atoms with E-state index in [0.29, 0.717) is 23.5 Å². The molecule has 7 nitrogen and oxygen atoms in total. The maximum Gasteiger partial charge on any atom is 0.259 e. The van der Waals surface area contributed by atoms with Crippen molar-refractivity contribution >= 4 is 21.8 Å². The molecule has 1 aromatic carbocycles. The first-order valence-electron chi connectivity index (χ1n) is 7.48. The molecule has 2 heterocycles. The third-order valence-electron chi connectivity index (χ3n) is 4.16. The van der Waals surface area contributed by atoms with Gasteiger partial charge in [-0.3, -0.25) is 4.79 Å². The van der Waals surface area contributed by atoms with Crippen LogP contribution >= 0.6 is 0 Å². The van der Waals surface area contributed by atoms with E-state index in [1.807, 2.05) is 0 Å². The molecule has 0 bridgehead atoms. The monoisotopic (exact) mass is 337 g/mol. The molecule has 2 aliphatic heterocycles. The van der Waals surface area contributed by atoms with Crippen LogP contribution in [0.1, 0.15) is 30.9 Å². The molecule has 0 aliphatic carbocycles. The summed E-state index contributed by atoms with van der Waals surface area (Å²) in [6.07, 6.45) is 1.86. The van der Waals surface area contributed by atoms with Gasteiger partial charge in [-0.25, -0.2) is 8.42 Å². The number of hydrogen-bond donors (Lipinski definition) is 1. The van der Waals surface area contributed by atoms with Gasteiger partial charge in [-0.05, 0) is 24.5 Å². The van der Waals surface area contributed by atoms with Crippen LogP contribution in [0.15, 0.2) is 22.6 Å². The van der Waals surface area contributed by atoms with Crippen LogP contribution < -0.4 is 10.5 Å². The van der Waals surface area contributed by atoms with Gasteiger partial charge in [0.1, 0.15) is 18.2 Å². The van der Waals surface area contributed by atoms with Crippen molar-refractivity contribution in [3.05, 3.63) is 29.3 Å². The van der Waals surface area contributed by atoms with E-state index >= 15 is 0 Å². The van der Waals surface area contributed by atoms with Crippen LogP contribution in [0.25, 0.3) is 0 Å². The van der Waals surface area contributed by atoms with Crippen LogP contribution in [0, 0.1) is 0 Å². The van der Waals surface area contributed by atoms with Crippen molar-refractivity contribution in [3.63, 3.8) is 0 Å². The Kier molecular flexibility index (Phi) is 4.01. The number of carbonyl (C=O) groups is 1. The lowest BCUT2D eigenvalue weighted by Gasteiger charge is -2.24. The van der Waals surface area contributed by atoms with Gasteiger partial charge in [-0.1, -0.05) is 12.1 Å². The summed E-state index contributed by atoms with van der Waals surface area (Å²) in [5.41, 5.74) is 6.93. The van der Waals surface area contributed by atoms with Crippen LogP contribution in [0.4, 0.5) is 0 Å². The Morgan fingerprint density at radius 1 is 1.48 bits per heavy atom. The first-order chi connectivity index (χ1) is 10.9. The summed E-state index contributed by atoms with van der Waals surface area (Å²) in [4.78, 5) is 13.4. The lowest BCUT2D eigenvalue weighted by molar-refractivity contribution is -0.130. The number of carbonyl (C=O) groups excluding carboxylic acids is 1. The highest BCUT2D eigenvalue weighted by Crippen LogP contribution is 2.29. The number of fused-ring (bicyclic) bond motifs is 1. The molecule has 23 heavy (non-hydrogen) atoms. The smallest absolute Gasteiger partial charge is 0.259 e. The molecule has 8 heteroatoms. The average molecular weight is 337 g/mol. The van der Waals surface area contributed by atoms with E-state index in [1.54, 1.807) is 30.0 Å². The SMILES string of the molecule is CC(=O)N1CCC[C@@H]1COc1cccc2c1C(N)=NS(=O)(=O)C2. The third kappa shape index (κ3) is 3.17. The highest BCUT2D eigenvalue weighted by atomic mass is 32.2. The largest absolute Gasteiger partial charge is 0.491 e. The number of amidine groups is 1. The summed E-state index contributed by atoms with van der Waals surface area (Å²) >= 11 is 0. The van der Waals surface area contributed by atoms with E-state index in [2.05, 4.69) is 4.40 Å². The number of nitrogens with zero attached hydrogens (tertiary/aromatic N) is 2. The van der Waals surface area contributed by atoms with Crippen molar-refractivity contribution < 1.29 is 17.9 Å². The molecular weight excluding hydrogens is 318 g/mol. The second kappa shape index (κ2) is 5.84. The molecule has 3 rings (SSSR count). The standard InChI is InChI=1S/C15H19N3O4S/c1-10(19)18-7-3-5-12(18)8-22-13-6-2-4-11-9-23(20,21)17-15(16)14(11)13/h2,4,6,12H,3,5,7-9H2,1H3,(H2,16,17)/t12-/m1/s1. The predicted molar refractivity (Wildman–Crippen MR) is 85.7 cm³/mol. The maximum absolute atomic E-state index is 11.7. The molecular formula is C15H19N3O4S. The van der Waals surface area contributed by atoms with E-state index in [-0.39, 0.29) is 23.5 Å². The van der Waals surface area contributed by atoms with Crippen LogP contribution in [-0.4, -0.2) is 44.3 Å². The zero-order valence-electron chi connectivity index (χ0n) is 12.9. The summed E-state index contributed by atoms with van der Waals surface area (Å²) < 4.78 is 32.8. The molecule has 1 atom stereocenters. The van der Waals surface area contributed by atoms with Gasteiger partial charge in [0.25, 0.3) is 10.0 Å². The lowest BCUT2D eigenvalue weighted by atomic mass is 10.1. The zero-order valence-corrected chi connectivity index (χ0v) is 13.7. The minimum atomic E-state index is -3.56. The Bertz CT molecular complexity index is 773. The quantitative estimate of drug-likeness (QED) is 0.871. The molecule has 2 aliphatic rings. The molecule has 1 fully saturated rings. The predicted octanol–water partition coefficient (Wildman–Crippen LogP) is 0.625. The highest BCUT2D eigenvalue weighted by molar-refractivity contribution is 7.89. The van der Waals surface area contributed by atoms with E-state index in [1.165, 1.54) is 0 Å². The van der Waals surface area contributed by atoms with Gasteiger partial charge in [0.05, 0.1) is 17.4 Å². The van der Waals surface area contributed by atoms with Crippen LogP contribution in [0.2, 0.25) is 0 Å². The molecule has 0 unspecified atom stereocenters. The number of ether oxygens (including phenoxy) is 1.